The van der Waals surface area contributed by atoms with Crippen molar-refractivity contribution in [2.75, 3.05) is 20.8 Å². The van der Waals surface area contributed by atoms with Gasteiger partial charge in [-0.2, -0.15) is 0 Å². The Kier molecular flexibility index (Phi) is 17.1. The van der Waals surface area contributed by atoms with Gasteiger partial charge in [0.25, 0.3) is 11.9 Å². The van der Waals surface area contributed by atoms with Crippen molar-refractivity contribution in [3.63, 3.8) is 0 Å². The number of allylic oxidation sites excluding steroid dienone is 1. The van der Waals surface area contributed by atoms with Gasteiger partial charge in [0.05, 0.1) is 36.9 Å². The van der Waals surface area contributed by atoms with Crippen LogP contribution in [0.1, 0.15) is 93.5 Å². The Balaban J connectivity index is 0.000000271. The number of carbonyl (C=O) groups excluding carboxylic acids is 5. The summed E-state index contributed by atoms with van der Waals surface area (Å²) >= 11 is 0. The first-order valence-corrected chi connectivity index (χ1v) is 21.0. The highest BCUT2D eigenvalue weighted by Gasteiger charge is 2.71. The van der Waals surface area contributed by atoms with Crippen molar-refractivity contribution in [1.82, 2.24) is 5.32 Å². The largest absolute Gasteiger partial charge is 0.481 e. The van der Waals surface area contributed by atoms with Crippen LogP contribution in [0.4, 0.5) is 0 Å². The summed E-state index contributed by atoms with van der Waals surface area (Å²) in [7, 11) is 3.03. The van der Waals surface area contributed by atoms with Crippen molar-refractivity contribution >= 4 is 35.6 Å². The molecule has 2 saturated carbocycles. The molecule has 4 aliphatic rings. The molecule has 2 bridgehead atoms. The van der Waals surface area contributed by atoms with Gasteiger partial charge < -0.3 is 39.6 Å². The highest BCUT2D eigenvalue weighted by Crippen LogP contribution is 2.62. The van der Waals surface area contributed by atoms with Gasteiger partial charge in [-0.25, -0.2) is 4.79 Å². The highest BCUT2D eigenvalue weighted by molar-refractivity contribution is 5.95. The normalized spacial score (nSPS) is 27.3. The van der Waals surface area contributed by atoms with Crippen molar-refractivity contribution in [3.8, 4) is 0 Å². The number of esters is 3. The molecular formula is C49H61NO13. The number of aliphatic carboxylic acids is 1. The number of methoxy groups -OCH3 is 1. The molecule has 340 valence electrons. The van der Waals surface area contributed by atoms with E-state index in [4.69, 9.17) is 24.1 Å². The van der Waals surface area contributed by atoms with Gasteiger partial charge in [0.15, 0.2) is 11.9 Å². The van der Waals surface area contributed by atoms with E-state index in [1.807, 2.05) is 69.3 Å². The molecule has 7 rings (SSSR count). The summed E-state index contributed by atoms with van der Waals surface area (Å²) in [6, 6.07) is 27.5. The molecule has 0 radical (unpaired) electrons. The van der Waals surface area contributed by atoms with Crippen LogP contribution in [0.15, 0.2) is 102 Å². The quantitative estimate of drug-likeness (QED) is 0.123. The van der Waals surface area contributed by atoms with E-state index in [0.717, 1.165) is 18.9 Å². The van der Waals surface area contributed by atoms with Crippen molar-refractivity contribution < 1.29 is 63.0 Å². The number of ketones is 1. The van der Waals surface area contributed by atoms with Crippen LogP contribution in [-0.4, -0.2) is 102 Å². The van der Waals surface area contributed by atoms with E-state index in [-0.39, 0.29) is 36.7 Å². The van der Waals surface area contributed by atoms with Crippen LogP contribution in [0.5, 0.6) is 0 Å². The Hall–Kier alpha value is -5.70. The van der Waals surface area contributed by atoms with Crippen LogP contribution < -0.4 is 5.32 Å². The molecule has 3 aromatic rings. The van der Waals surface area contributed by atoms with Crippen LogP contribution in [0, 0.1) is 22.7 Å². The number of carboxylic acid groups (broad SMARTS) is 1. The molecule has 3 aliphatic carbocycles. The first kappa shape index (κ1) is 50.0. The van der Waals surface area contributed by atoms with E-state index in [2.05, 4.69) is 10.1 Å². The zero-order valence-electron chi connectivity index (χ0n) is 37.3. The Morgan fingerprint density at radius 2 is 1.40 bits per heavy atom. The second-order valence-corrected chi connectivity index (χ2v) is 16.9. The molecule has 1 heterocycles. The average molecular weight is 872 g/mol. The third kappa shape index (κ3) is 11.3. The topological polar surface area (TPSA) is 212 Å². The number of ether oxygens (including phenoxy) is 4. The van der Waals surface area contributed by atoms with Gasteiger partial charge >= 0.3 is 17.9 Å². The maximum absolute atomic E-state index is 14.5. The summed E-state index contributed by atoms with van der Waals surface area (Å²) in [6.07, 6.45) is -1.67. The van der Waals surface area contributed by atoms with Gasteiger partial charge in [-0.3, -0.25) is 24.0 Å². The monoisotopic (exact) mass is 871 g/mol. The molecule has 0 spiro atoms. The lowest BCUT2D eigenvalue weighted by molar-refractivity contribution is -0.274. The van der Waals surface area contributed by atoms with Gasteiger partial charge in [-0.1, -0.05) is 86.2 Å². The maximum Gasteiger partial charge on any atom is 0.338 e. The summed E-state index contributed by atoms with van der Waals surface area (Å²) in [4.78, 5) is 70.8. The van der Waals surface area contributed by atoms with E-state index < -0.39 is 64.4 Å². The molecular weight excluding hydrogens is 811 g/mol. The van der Waals surface area contributed by atoms with Gasteiger partial charge in [0, 0.05) is 56.6 Å². The zero-order valence-corrected chi connectivity index (χ0v) is 37.3. The number of aliphatic hydroxyl groups is 2. The Morgan fingerprint density at radius 1 is 0.857 bits per heavy atom. The molecule has 3 fully saturated rings. The summed E-state index contributed by atoms with van der Waals surface area (Å²) in [6.45, 7) is 9.82. The molecule has 63 heavy (non-hydrogen) atoms. The van der Waals surface area contributed by atoms with Crippen LogP contribution in [-0.2, 0) is 44.5 Å². The predicted octanol–water partition coefficient (Wildman–Crippen LogP) is 5.93. The molecule has 1 saturated heterocycles. The fourth-order valence-corrected chi connectivity index (χ4v) is 9.21. The highest BCUT2D eigenvalue weighted by atomic mass is 16.6. The zero-order chi connectivity index (χ0) is 46.7. The molecule has 14 nitrogen and oxygen atoms in total. The Morgan fingerprint density at radius 3 is 1.89 bits per heavy atom. The van der Waals surface area contributed by atoms with Gasteiger partial charge in [0.1, 0.15) is 11.7 Å². The van der Waals surface area contributed by atoms with Crippen LogP contribution in [0.25, 0.3) is 0 Å². The summed E-state index contributed by atoms with van der Waals surface area (Å²) in [5.41, 5.74) is -0.587. The van der Waals surface area contributed by atoms with Crippen LogP contribution in [0.2, 0.25) is 0 Å². The number of hydrogen-bond acceptors (Lipinski definition) is 12. The number of rotatable bonds is 7. The molecule has 7 unspecified atom stereocenters. The minimum atomic E-state index is -1.60. The van der Waals surface area contributed by atoms with Crippen molar-refractivity contribution in [2.24, 2.45) is 22.7 Å². The molecule has 14 heteroatoms. The van der Waals surface area contributed by atoms with Crippen molar-refractivity contribution in [3.05, 3.63) is 119 Å². The number of Topliss-reactive ketones (excluding diaryl/α,β-unsaturated/α-hetero) is 1. The molecule has 0 aromatic heterocycles. The number of carbonyl (C=O) groups is 6. The summed E-state index contributed by atoms with van der Waals surface area (Å²) in [5, 5.41) is 34.0. The fourth-order valence-electron chi connectivity index (χ4n) is 9.21. The van der Waals surface area contributed by atoms with Gasteiger partial charge in [0.2, 0.25) is 0 Å². The number of nitrogens with one attached hydrogen (secondary N) is 1. The number of amides is 1. The van der Waals surface area contributed by atoms with E-state index in [1.54, 1.807) is 56.4 Å². The number of carboxylic acids is 1. The lowest BCUT2D eigenvalue weighted by Gasteiger charge is -2.64. The van der Waals surface area contributed by atoms with E-state index in [1.165, 1.54) is 19.6 Å². The number of hydrogen-bond donors (Lipinski definition) is 4. The number of aryl methyl sites for hydroxylation is 1. The lowest BCUT2D eigenvalue weighted by atomic mass is 9.46. The fraction of sp³-hybridized carbons (Fsp3) is 0.469. The van der Waals surface area contributed by atoms with Gasteiger partial charge in [-0.15, -0.1) is 0 Å². The first-order chi connectivity index (χ1) is 29.7. The SMILES string of the molecule is CC(=O)O.CC(=O)OC1C(=O)C2(C)C(O)CC3OCC3C2[C@H](OC(=O)c2ccccc2)C2(O)CCC(C)=C1C2(C)C.CNC(=O)c1ccccc1.COC(=O)CCc1ccccc1. The van der Waals surface area contributed by atoms with E-state index in [0.29, 0.717) is 36.1 Å². The third-order valence-corrected chi connectivity index (χ3v) is 12.7. The lowest BCUT2D eigenvalue weighted by Crippen LogP contribution is -2.74. The average Bonchev–Trinajstić information content (AvgIpc) is 3.25. The van der Waals surface area contributed by atoms with Gasteiger partial charge in [-0.05, 0) is 68.5 Å². The molecule has 1 amide bonds. The third-order valence-electron chi connectivity index (χ3n) is 12.7. The Bertz CT molecular complexity index is 2100. The number of aliphatic hydroxyl groups excluding tert-OH is 1. The maximum atomic E-state index is 14.5. The second kappa shape index (κ2) is 21.6. The predicted molar refractivity (Wildman–Crippen MR) is 232 cm³/mol. The molecule has 1 aliphatic heterocycles. The summed E-state index contributed by atoms with van der Waals surface area (Å²) < 4.78 is 22.2. The van der Waals surface area contributed by atoms with Crippen LogP contribution in [0.3, 0.4) is 0 Å². The van der Waals surface area contributed by atoms with E-state index in [9.17, 15) is 34.2 Å². The molecule has 8 atom stereocenters. The number of benzene rings is 3. The second-order valence-electron chi connectivity index (χ2n) is 16.9. The Labute approximate surface area is 369 Å². The first-order valence-electron chi connectivity index (χ1n) is 21.0. The molecule has 3 aromatic carbocycles. The minimum absolute atomic E-state index is 0.0411. The molecule has 4 N–H and O–H groups in total. The minimum Gasteiger partial charge on any atom is -0.481 e. The van der Waals surface area contributed by atoms with Crippen LogP contribution >= 0.6 is 0 Å². The standard InChI is InChI=1S/C29H36O8.C10H12O2.C8H9NO.C2H4O2/c1-15-11-12-29(34)25(37-26(33)17-9-7-6-8-10-17)22-18-14-35-19(18)13-20(31)28(22,5)24(32)23(36-16(2)30)21(15)27(29,3)4;1-12-10(11)8-7-9-5-3-2-4-6-9;1-9-8(10)7-5-3-2-4-6-7;1-2(3)4/h6-10,18-20,22-23,25,31,34H,11-14H2,1-5H3;2-6H,7-8H2,1H3;2-6H,1H3,(H,9,10);1H3,(H,3,4)/t18?,19?,20?,22?,23?,25-,28?,29?;;;/m0.../s1. The number of fused-ring (bicyclic) bond motifs is 5. The summed E-state index contributed by atoms with van der Waals surface area (Å²) in [5.74, 6) is -3.66. The van der Waals surface area contributed by atoms with Crippen molar-refractivity contribution in [2.45, 2.75) is 104 Å². The van der Waals surface area contributed by atoms with Crippen molar-refractivity contribution in [1.29, 1.82) is 0 Å². The smallest absolute Gasteiger partial charge is 0.338 e. The van der Waals surface area contributed by atoms with E-state index >= 15 is 0 Å².